The molecule has 0 radical (unpaired) electrons. The zero-order valence-corrected chi connectivity index (χ0v) is 18.5. The van der Waals surface area contributed by atoms with Gasteiger partial charge in [0.05, 0.1) is 31.4 Å². The van der Waals surface area contributed by atoms with Crippen molar-refractivity contribution in [3.8, 4) is 17.0 Å². The monoisotopic (exact) mass is 448 g/mol. The second-order valence-corrected chi connectivity index (χ2v) is 7.55. The molecule has 0 spiro atoms. The molecule has 0 fully saturated rings. The minimum absolute atomic E-state index is 0.0817. The van der Waals surface area contributed by atoms with E-state index in [0.29, 0.717) is 17.1 Å². The summed E-state index contributed by atoms with van der Waals surface area (Å²) in [5, 5.41) is 10.2. The largest absolute Gasteiger partial charge is 0.497 e. The zero-order valence-electron chi connectivity index (χ0n) is 18.5. The lowest BCUT2D eigenvalue weighted by Gasteiger charge is -2.11. The molecule has 9 heteroatoms. The van der Waals surface area contributed by atoms with Crippen LogP contribution in [0.4, 0.5) is 11.5 Å². The zero-order chi connectivity index (χ0) is 23.5. The minimum atomic E-state index is -0.760. The van der Waals surface area contributed by atoms with Crippen molar-refractivity contribution in [1.29, 1.82) is 0 Å². The van der Waals surface area contributed by atoms with Crippen molar-refractivity contribution in [3.05, 3.63) is 59.7 Å². The Labute approximate surface area is 190 Å². The van der Waals surface area contributed by atoms with E-state index < -0.39 is 12.0 Å². The lowest BCUT2D eigenvalue weighted by molar-refractivity contribution is -0.123. The van der Waals surface area contributed by atoms with Crippen LogP contribution in [0.15, 0.2) is 48.5 Å². The molecule has 33 heavy (non-hydrogen) atoms. The first kappa shape index (κ1) is 22.1. The number of aromatic nitrogens is 2. The molecule has 4 rings (SSSR count). The lowest BCUT2D eigenvalue weighted by Crippen LogP contribution is -2.23. The van der Waals surface area contributed by atoms with E-state index in [9.17, 15) is 14.4 Å². The Bertz CT molecular complexity index is 1200. The number of hydrogen-bond acceptors (Lipinski definition) is 6. The smallest absolute Gasteiger partial charge is 0.338 e. The summed E-state index contributed by atoms with van der Waals surface area (Å²) in [6.07, 6.45) is -0.0817. The second kappa shape index (κ2) is 9.15. The van der Waals surface area contributed by atoms with Crippen molar-refractivity contribution in [2.24, 2.45) is 0 Å². The Morgan fingerprint density at radius 3 is 2.45 bits per heavy atom. The van der Waals surface area contributed by atoms with Crippen LogP contribution in [-0.4, -0.2) is 41.3 Å². The summed E-state index contributed by atoms with van der Waals surface area (Å²) in [6.45, 7) is 3.90. The number of fused-ring (bicyclic) bond motifs is 1. The molecule has 1 aromatic heterocycles. The Hall–Kier alpha value is -4.14. The van der Waals surface area contributed by atoms with Crippen LogP contribution in [0.3, 0.4) is 0 Å². The number of benzene rings is 2. The molecule has 2 N–H and O–H groups in total. The first-order valence-corrected chi connectivity index (χ1v) is 10.5. The Morgan fingerprint density at radius 2 is 1.82 bits per heavy atom. The van der Waals surface area contributed by atoms with Crippen LogP contribution in [0, 0.1) is 6.92 Å². The van der Waals surface area contributed by atoms with Gasteiger partial charge in [0.25, 0.3) is 5.91 Å². The molecule has 0 saturated carbocycles. The van der Waals surface area contributed by atoms with Gasteiger partial charge in [-0.2, -0.15) is 5.10 Å². The maximum Gasteiger partial charge on any atom is 0.338 e. The summed E-state index contributed by atoms with van der Waals surface area (Å²) >= 11 is 0. The van der Waals surface area contributed by atoms with Crippen molar-refractivity contribution in [2.75, 3.05) is 24.4 Å². The van der Waals surface area contributed by atoms with Crippen molar-refractivity contribution in [3.63, 3.8) is 0 Å². The number of nitrogens with one attached hydrogen (secondary N) is 2. The molecule has 170 valence electrons. The quantitative estimate of drug-likeness (QED) is 0.535. The van der Waals surface area contributed by atoms with Crippen LogP contribution in [0.2, 0.25) is 0 Å². The van der Waals surface area contributed by atoms with Gasteiger partial charge in [-0.25, -0.2) is 9.48 Å². The van der Waals surface area contributed by atoms with Gasteiger partial charge >= 0.3 is 5.97 Å². The summed E-state index contributed by atoms with van der Waals surface area (Å²) in [7, 11) is 1.60. The standard InChI is InChI=1S/C24H24N4O5/c1-4-33-24(31)16-5-9-17(10-6-16)25-20(29)13-19-23(30)26-22-14(2)21(27-28(19)22)15-7-11-18(32-3)12-8-15/h5-12,19H,4,13H2,1-3H3,(H,25,29)(H,26,30). The Morgan fingerprint density at radius 1 is 1.12 bits per heavy atom. The van der Waals surface area contributed by atoms with E-state index in [0.717, 1.165) is 22.6 Å². The molecule has 1 unspecified atom stereocenters. The average Bonchev–Trinajstić information content (AvgIpc) is 3.29. The van der Waals surface area contributed by atoms with Crippen LogP contribution < -0.4 is 15.4 Å². The molecule has 1 atom stereocenters. The third kappa shape index (κ3) is 4.43. The van der Waals surface area contributed by atoms with Gasteiger partial charge < -0.3 is 20.1 Å². The highest BCUT2D eigenvalue weighted by atomic mass is 16.5. The number of esters is 1. The number of carbonyl (C=O) groups is 3. The van der Waals surface area contributed by atoms with E-state index >= 15 is 0 Å². The molecule has 1 aliphatic rings. The molecule has 2 amide bonds. The highest BCUT2D eigenvalue weighted by Gasteiger charge is 2.35. The highest BCUT2D eigenvalue weighted by Crippen LogP contribution is 2.36. The fourth-order valence-corrected chi connectivity index (χ4v) is 3.70. The number of hydrogen-bond donors (Lipinski definition) is 2. The fourth-order valence-electron chi connectivity index (χ4n) is 3.70. The molecule has 2 heterocycles. The summed E-state index contributed by atoms with van der Waals surface area (Å²) in [4.78, 5) is 36.9. The van der Waals surface area contributed by atoms with Crippen LogP contribution in [0.25, 0.3) is 11.3 Å². The summed E-state index contributed by atoms with van der Waals surface area (Å²) in [5.41, 5.74) is 3.35. The lowest BCUT2D eigenvalue weighted by atomic mass is 10.1. The number of nitrogens with zero attached hydrogens (tertiary/aromatic N) is 2. The van der Waals surface area contributed by atoms with Gasteiger partial charge in [0.2, 0.25) is 5.91 Å². The van der Waals surface area contributed by atoms with Crippen molar-refractivity contribution in [1.82, 2.24) is 9.78 Å². The Balaban J connectivity index is 1.48. The summed E-state index contributed by atoms with van der Waals surface area (Å²) in [6, 6.07) is 13.1. The first-order valence-electron chi connectivity index (χ1n) is 10.5. The summed E-state index contributed by atoms with van der Waals surface area (Å²) < 4.78 is 11.7. The number of rotatable bonds is 7. The predicted molar refractivity (Wildman–Crippen MR) is 122 cm³/mol. The highest BCUT2D eigenvalue weighted by molar-refractivity contribution is 6.02. The number of ether oxygens (including phenoxy) is 2. The van der Waals surface area contributed by atoms with E-state index in [1.54, 1.807) is 43.0 Å². The first-order chi connectivity index (χ1) is 15.9. The molecule has 0 saturated heterocycles. The van der Waals surface area contributed by atoms with Crippen molar-refractivity contribution in [2.45, 2.75) is 26.3 Å². The topological polar surface area (TPSA) is 112 Å². The van der Waals surface area contributed by atoms with E-state index in [1.165, 1.54) is 0 Å². The third-order valence-corrected chi connectivity index (χ3v) is 5.41. The van der Waals surface area contributed by atoms with Gasteiger partial charge in [0.1, 0.15) is 17.6 Å². The van der Waals surface area contributed by atoms with E-state index in [-0.39, 0.29) is 24.8 Å². The molecular formula is C24H24N4O5. The van der Waals surface area contributed by atoms with E-state index in [1.807, 2.05) is 31.2 Å². The van der Waals surface area contributed by atoms with Crippen LogP contribution in [0.5, 0.6) is 5.75 Å². The van der Waals surface area contributed by atoms with Gasteiger partial charge in [0.15, 0.2) is 0 Å². The normalized spacial score (nSPS) is 14.4. The molecular weight excluding hydrogens is 424 g/mol. The molecule has 0 aliphatic carbocycles. The third-order valence-electron chi connectivity index (χ3n) is 5.41. The number of methoxy groups -OCH3 is 1. The number of amides is 2. The van der Waals surface area contributed by atoms with E-state index in [2.05, 4.69) is 15.7 Å². The average molecular weight is 448 g/mol. The second-order valence-electron chi connectivity index (χ2n) is 7.55. The van der Waals surface area contributed by atoms with Gasteiger partial charge in [0, 0.05) is 16.8 Å². The molecule has 1 aliphatic heterocycles. The number of carbonyl (C=O) groups excluding carboxylic acids is 3. The maximum absolute atomic E-state index is 12.6. The molecule has 0 bridgehead atoms. The summed E-state index contributed by atoms with van der Waals surface area (Å²) in [5.74, 6) is 0.275. The molecule has 3 aromatic rings. The van der Waals surface area contributed by atoms with Crippen molar-refractivity contribution < 1.29 is 23.9 Å². The van der Waals surface area contributed by atoms with Gasteiger partial charge in [-0.05, 0) is 62.4 Å². The van der Waals surface area contributed by atoms with Gasteiger partial charge in [-0.15, -0.1) is 0 Å². The Kier molecular flexibility index (Phi) is 6.12. The fraction of sp³-hybridized carbons (Fsp3) is 0.250. The molecule has 2 aromatic carbocycles. The van der Waals surface area contributed by atoms with Gasteiger partial charge in [-0.1, -0.05) is 0 Å². The number of anilines is 2. The predicted octanol–water partition coefficient (Wildman–Crippen LogP) is 3.57. The van der Waals surface area contributed by atoms with Crippen LogP contribution >= 0.6 is 0 Å². The SMILES string of the molecule is CCOC(=O)c1ccc(NC(=O)CC2C(=O)Nc3c(C)c(-c4ccc(OC)cc4)nn32)cc1. The minimum Gasteiger partial charge on any atom is -0.497 e. The maximum atomic E-state index is 12.6. The van der Waals surface area contributed by atoms with Gasteiger partial charge in [-0.3, -0.25) is 9.59 Å². The molecule has 9 nitrogen and oxygen atoms in total. The van der Waals surface area contributed by atoms with Crippen molar-refractivity contribution >= 4 is 29.3 Å². The van der Waals surface area contributed by atoms with E-state index in [4.69, 9.17) is 9.47 Å². The van der Waals surface area contributed by atoms with Crippen LogP contribution in [0.1, 0.15) is 35.3 Å². The van der Waals surface area contributed by atoms with Crippen LogP contribution in [-0.2, 0) is 14.3 Å².